The molecule has 0 N–H and O–H groups in total. The summed E-state index contributed by atoms with van der Waals surface area (Å²) in [6.07, 6.45) is 2.47. The normalized spacial score (nSPS) is 24.1. The van der Waals surface area contributed by atoms with Crippen LogP contribution in [0.4, 0.5) is 0 Å². The number of hydrogen-bond donors (Lipinski definition) is 0. The van der Waals surface area contributed by atoms with E-state index in [1.807, 2.05) is 0 Å². The van der Waals surface area contributed by atoms with Crippen molar-refractivity contribution < 1.29 is 13.2 Å². The van der Waals surface area contributed by atoms with Gasteiger partial charge in [0.25, 0.3) is 0 Å². The van der Waals surface area contributed by atoms with Gasteiger partial charge < -0.3 is 0 Å². The highest BCUT2D eigenvalue weighted by Crippen LogP contribution is 2.21. The third-order valence-electron chi connectivity index (χ3n) is 2.52. The maximum atomic E-state index is 11.7. The van der Waals surface area contributed by atoms with Crippen LogP contribution in [0, 0.1) is 5.92 Å². The number of carbonyl (C=O) groups is 1. The number of carbonyl (C=O) groups excluding carboxylic acids is 1. The fourth-order valence-electron chi connectivity index (χ4n) is 1.69. The zero-order valence-corrected chi connectivity index (χ0v) is 9.68. The monoisotopic (exact) mass is 245 g/mol. The highest BCUT2D eigenvalue weighted by atomic mass is 32.2. The fourth-order valence-corrected chi connectivity index (χ4v) is 4.07. The van der Waals surface area contributed by atoms with Crippen molar-refractivity contribution in [2.75, 3.05) is 11.5 Å². The number of ketones is 1. The Labute approximate surface area is 92.3 Å². The van der Waals surface area contributed by atoms with Crippen LogP contribution in [-0.2, 0) is 21.1 Å². The molecule has 0 aromatic carbocycles. The van der Waals surface area contributed by atoms with Gasteiger partial charge in [-0.25, -0.2) is 8.42 Å². The lowest BCUT2D eigenvalue weighted by Crippen LogP contribution is -2.17. The van der Waals surface area contributed by atoms with Gasteiger partial charge in [0.2, 0.25) is 0 Å². The molecule has 15 heavy (non-hydrogen) atoms. The first-order valence-corrected chi connectivity index (χ1v) is 7.37. The van der Waals surface area contributed by atoms with Gasteiger partial charge in [-0.1, -0.05) is 0 Å². The minimum Gasteiger partial charge on any atom is -0.299 e. The van der Waals surface area contributed by atoms with Gasteiger partial charge in [0.1, 0.15) is 5.78 Å². The molecule has 2 rings (SSSR count). The van der Waals surface area contributed by atoms with Crippen molar-refractivity contribution in [3.05, 3.63) is 16.6 Å². The average molecular weight is 245 g/mol. The van der Waals surface area contributed by atoms with Crippen molar-refractivity contribution in [3.63, 3.8) is 0 Å². The number of nitrogens with zero attached hydrogens (tertiary/aromatic N) is 1. The molecule has 6 heteroatoms. The van der Waals surface area contributed by atoms with Crippen molar-refractivity contribution >= 4 is 27.0 Å². The molecule has 0 saturated carbocycles. The van der Waals surface area contributed by atoms with Gasteiger partial charge in [0, 0.05) is 23.4 Å². The predicted octanol–water partition coefficient (Wildman–Crippen LogP) is 0.689. The summed E-state index contributed by atoms with van der Waals surface area (Å²) in [6, 6.07) is 0. The Kier molecular flexibility index (Phi) is 2.88. The van der Waals surface area contributed by atoms with E-state index in [2.05, 4.69) is 4.98 Å². The second-order valence-electron chi connectivity index (χ2n) is 3.71. The third kappa shape index (κ3) is 2.63. The molecule has 1 unspecified atom stereocenters. The molecule has 1 fully saturated rings. The quantitative estimate of drug-likeness (QED) is 0.786. The second kappa shape index (κ2) is 4.02. The highest BCUT2D eigenvalue weighted by Gasteiger charge is 2.32. The summed E-state index contributed by atoms with van der Waals surface area (Å²) >= 11 is 1.43. The maximum Gasteiger partial charge on any atom is 0.151 e. The summed E-state index contributed by atoms with van der Waals surface area (Å²) in [7, 11) is -2.95. The predicted molar refractivity (Wildman–Crippen MR) is 57.6 cm³/mol. The van der Waals surface area contributed by atoms with Crippen LogP contribution >= 0.6 is 11.3 Å². The van der Waals surface area contributed by atoms with Gasteiger partial charge in [-0.2, -0.15) is 0 Å². The van der Waals surface area contributed by atoms with Gasteiger partial charge >= 0.3 is 0 Å². The summed E-state index contributed by atoms with van der Waals surface area (Å²) in [5.41, 5.74) is 1.67. The number of aromatic nitrogens is 1. The molecule has 1 aliphatic rings. The Morgan fingerprint density at radius 3 is 2.93 bits per heavy atom. The Morgan fingerprint density at radius 2 is 2.40 bits per heavy atom. The largest absolute Gasteiger partial charge is 0.299 e. The van der Waals surface area contributed by atoms with Crippen LogP contribution < -0.4 is 0 Å². The minimum absolute atomic E-state index is 0.0281. The molecular weight excluding hydrogens is 234 g/mol. The molecule has 0 amide bonds. The Balaban J connectivity index is 1.99. The smallest absolute Gasteiger partial charge is 0.151 e. The van der Waals surface area contributed by atoms with Crippen LogP contribution in [0.2, 0.25) is 0 Å². The van der Waals surface area contributed by atoms with E-state index in [1.54, 1.807) is 11.7 Å². The number of hydrogen-bond acceptors (Lipinski definition) is 5. The van der Waals surface area contributed by atoms with Gasteiger partial charge in [-0.15, -0.1) is 11.3 Å². The van der Waals surface area contributed by atoms with Crippen molar-refractivity contribution in [1.82, 2.24) is 4.98 Å². The van der Waals surface area contributed by atoms with Gasteiger partial charge in [-0.05, 0) is 6.42 Å². The summed E-state index contributed by atoms with van der Waals surface area (Å²) in [4.78, 5) is 16.5. The van der Waals surface area contributed by atoms with E-state index in [0.717, 1.165) is 4.88 Å². The third-order valence-corrected chi connectivity index (χ3v) is 5.07. The molecule has 0 spiro atoms. The lowest BCUT2D eigenvalue weighted by molar-refractivity contribution is -0.121. The van der Waals surface area contributed by atoms with Gasteiger partial charge in [0.05, 0.1) is 17.0 Å². The molecule has 4 nitrogen and oxygen atoms in total. The average Bonchev–Trinajstić information content (AvgIpc) is 2.74. The summed E-state index contributed by atoms with van der Waals surface area (Å²) in [6.45, 7) is 0. The first-order chi connectivity index (χ1) is 7.07. The van der Waals surface area contributed by atoms with Crippen LogP contribution in [0.5, 0.6) is 0 Å². The Bertz CT molecular complexity index is 450. The highest BCUT2D eigenvalue weighted by molar-refractivity contribution is 7.91. The van der Waals surface area contributed by atoms with Crippen LogP contribution in [-0.4, -0.2) is 30.7 Å². The number of thiazole rings is 1. The molecule has 0 aliphatic carbocycles. The number of Topliss-reactive ketones (excluding diaryl/α,β-unsaturated/α-hetero) is 1. The molecule has 1 atom stereocenters. The minimum atomic E-state index is -2.95. The van der Waals surface area contributed by atoms with E-state index in [1.165, 1.54) is 11.3 Å². The van der Waals surface area contributed by atoms with Crippen LogP contribution in [0.25, 0.3) is 0 Å². The van der Waals surface area contributed by atoms with Crippen LogP contribution in [0.1, 0.15) is 11.3 Å². The molecule has 82 valence electrons. The lowest BCUT2D eigenvalue weighted by atomic mass is 10.0. The number of sulfone groups is 1. The molecule has 0 bridgehead atoms. The van der Waals surface area contributed by atoms with Gasteiger partial charge in [-0.3, -0.25) is 9.78 Å². The summed E-state index contributed by atoms with van der Waals surface area (Å²) in [5.74, 6) is -0.0751. The van der Waals surface area contributed by atoms with E-state index in [-0.39, 0.29) is 23.2 Å². The van der Waals surface area contributed by atoms with E-state index in [9.17, 15) is 13.2 Å². The molecule has 1 saturated heterocycles. The molecular formula is C9H11NO3S2. The van der Waals surface area contributed by atoms with E-state index in [0.29, 0.717) is 12.8 Å². The Morgan fingerprint density at radius 1 is 1.60 bits per heavy atom. The molecule has 1 aliphatic heterocycles. The van der Waals surface area contributed by atoms with E-state index < -0.39 is 9.84 Å². The van der Waals surface area contributed by atoms with E-state index >= 15 is 0 Å². The standard InChI is InChI=1S/C9H11NO3S2/c11-9(3-8-4-10-6-14-8)7-1-2-15(12,13)5-7/h4,6-7H,1-3,5H2. The zero-order chi connectivity index (χ0) is 10.9. The second-order valence-corrected chi connectivity index (χ2v) is 6.91. The molecule has 1 aromatic rings. The van der Waals surface area contributed by atoms with Crippen LogP contribution in [0.3, 0.4) is 0 Å². The molecule has 0 radical (unpaired) electrons. The van der Waals surface area contributed by atoms with Gasteiger partial charge in [0.15, 0.2) is 9.84 Å². The molecule has 2 heterocycles. The summed E-state index contributed by atoms with van der Waals surface area (Å²) < 4.78 is 22.4. The fraction of sp³-hybridized carbons (Fsp3) is 0.556. The van der Waals surface area contributed by atoms with E-state index in [4.69, 9.17) is 0 Å². The lowest BCUT2D eigenvalue weighted by Gasteiger charge is -2.03. The zero-order valence-electron chi connectivity index (χ0n) is 8.05. The van der Waals surface area contributed by atoms with Crippen LogP contribution in [0.15, 0.2) is 11.7 Å². The summed E-state index contributed by atoms with van der Waals surface area (Å²) in [5, 5.41) is 0. The van der Waals surface area contributed by atoms with Crippen molar-refractivity contribution in [2.45, 2.75) is 12.8 Å². The van der Waals surface area contributed by atoms with Crippen molar-refractivity contribution in [3.8, 4) is 0 Å². The first kappa shape index (κ1) is 10.8. The Hall–Kier alpha value is -0.750. The first-order valence-electron chi connectivity index (χ1n) is 4.67. The van der Waals surface area contributed by atoms with Crippen molar-refractivity contribution in [2.24, 2.45) is 5.92 Å². The van der Waals surface area contributed by atoms with Crippen molar-refractivity contribution in [1.29, 1.82) is 0 Å². The molecule has 1 aromatic heterocycles. The SMILES string of the molecule is O=C(Cc1cncs1)C1CCS(=O)(=O)C1. The topological polar surface area (TPSA) is 64.1 Å². The number of rotatable bonds is 3. The maximum absolute atomic E-state index is 11.7.